The second-order valence-corrected chi connectivity index (χ2v) is 5.82. The van der Waals surface area contributed by atoms with E-state index in [2.05, 4.69) is 15.6 Å². The maximum absolute atomic E-state index is 12.2. The molecule has 0 fully saturated rings. The lowest BCUT2D eigenvalue weighted by Gasteiger charge is -2.08. The van der Waals surface area contributed by atoms with Crippen molar-refractivity contribution in [2.24, 2.45) is 0 Å². The Hall–Kier alpha value is -2.85. The molecule has 120 valence electrons. The summed E-state index contributed by atoms with van der Waals surface area (Å²) in [4.78, 5) is 16.5. The van der Waals surface area contributed by atoms with Gasteiger partial charge in [-0.15, -0.1) is 0 Å². The second kappa shape index (κ2) is 7.15. The van der Waals surface area contributed by atoms with E-state index in [-0.39, 0.29) is 5.91 Å². The van der Waals surface area contributed by atoms with Gasteiger partial charge in [-0.05, 0) is 55.5 Å². The van der Waals surface area contributed by atoms with Crippen LogP contribution in [0.1, 0.15) is 15.9 Å². The summed E-state index contributed by atoms with van der Waals surface area (Å²) in [6, 6.07) is 18.4. The average Bonchev–Trinajstić information content (AvgIpc) is 2.59. The fourth-order valence-electron chi connectivity index (χ4n) is 2.21. The van der Waals surface area contributed by atoms with Crippen molar-refractivity contribution in [2.75, 3.05) is 10.6 Å². The zero-order valence-corrected chi connectivity index (χ0v) is 13.8. The molecule has 1 aromatic heterocycles. The molecule has 0 aliphatic rings. The lowest BCUT2D eigenvalue weighted by Crippen LogP contribution is -2.12. The number of rotatable bonds is 4. The summed E-state index contributed by atoms with van der Waals surface area (Å²) in [5, 5.41) is 6.69. The van der Waals surface area contributed by atoms with Crippen molar-refractivity contribution < 1.29 is 4.79 Å². The number of aromatic nitrogens is 1. The third-order valence-corrected chi connectivity index (χ3v) is 3.67. The first-order valence-electron chi connectivity index (χ1n) is 7.47. The Kier molecular flexibility index (Phi) is 4.77. The number of hydrogen-bond acceptors (Lipinski definition) is 3. The monoisotopic (exact) mass is 337 g/mol. The number of halogens is 1. The van der Waals surface area contributed by atoms with E-state index < -0.39 is 0 Å². The number of nitrogens with zero attached hydrogens (tertiary/aromatic N) is 1. The zero-order chi connectivity index (χ0) is 16.9. The molecule has 0 saturated heterocycles. The van der Waals surface area contributed by atoms with Crippen molar-refractivity contribution in [2.45, 2.75) is 6.92 Å². The largest absolute Gasteiger partial charge is 0.340 e. The van der Waals surface area contributed by atoms with Crippen LogP contribution in [-0.2, 0) is 0 Å². The summed E-state index contributed by atoms with van der Waals surface area (Å²) < 4.78 is 0. The van der Waals surface area contributed by atoms with Gasteiger partial charge in [-0.1, -0.05) is 29.3 Å². The second-order valence-electron chi connectivity index (χ2n) is 5.39. The standard InChI is InChI=1S/C19H16ClN3O/c1-13-3-2-4-14(11-13)19(24)23-17-9-10-18(21-12-17)22-16-7-5-15(20)6-8-16/h2-12H,1H3,(H,21,22)(H,23,24). The Labute approximate surface area is 145 Å². The van der Waals surface area contributed by atoms with Crippen LogP contribution >= 0.6 is 11.6 Å². The number of amides is 1. The predicted molar refractivity (Wildman–Crippen MR) is 98.1 cm³/mol. The summed E-state index contributed by atoms with van der Waals surface area (Å²) in [6.45, 7) is 1.95. The van der Waals surface area contributed by atoms with Gasteiger partial charge in [0, 0.05) is 16.3 Å². The van der Waals surface area contributed by atoms with Gasteiger partial charge in [0.25, 0.3) is 5.91 Å². The van der Waals surface area contributed by atoms with Crippen LogP contribution in [0.2, 0.25) is 5.02 Å². The van der Waals surface area contributed by atoms with E-state index in [9.17, 15) is 4.79 Å². The summed E-state index contributed by atoms with van der Waals surface area (Å²) in [7, 11) is 0. The average molecular weight is 338 g/mol. The van der Waals surface area contributed by atoms with Crippen LogP contribution in [0.5, 0.6) is 0 Å². The number of pyridine rings is 1. The van der Waals surface area contributed by atoms with Gasteiger partial charge in [0.05, 0.1) is 11.9 Å². The Bertz CT molecular complexity index is 845. The molecule has 0 saturated carbocycles. The minimum Gasteiger partial charge on any atom is -0.340 e. The summed E-state index contributed by atoms with van der Waals surface area (Å²) in [6.07, 6.45) is 1.62. The zero-order valence-electron chi connectivity index (χ0n) is 13.1. The fourth-order valence-corrected chi connectivity index (χ4v) is 2.34. The van der Waals surface area contributed by atoms with Crippen molar-refractivity contribution in [1.29, 1.82) is 0 Å². The molecule has 2 aromatic carbocycles. The molecule has 0 aliphatic carbocycles. The highest BCUT2D eigenvalue weighted by Gasteiger charge is 2.06. The number of carbonyl (C=O) groups is 1. The normalized spacial score (nSPS) is 10.2. The van der Waals surface area contributed by atoms with Crippen LogP contribution in [0.4, 0.5) is 17.2 Å². The first kappa shape index (κ1) is 16.0. The summed E-state index contributed by atoms with van der Waals surface area (Å²) in [5.41, 5.74) is 3.20. The van der Waals surface area contributed by atoms with Crippen LogP contribution in [-0.4, -0.2) is 10.9 Å². The lowest BCUT2D eigenvalue weighted by atomic mass is 10.1. The van der Waals surface area contributed by atoms with Crippen molar-refractivity contribution in [1.82, 2.24) is 4.98 Å². The SMILES string of the molecule is Cc1cccc(C(=O)Nc2ccc(Nc3ccc(Cl)cc3)nc2)c1. The Morgan fingerprint density at radius 1 is 1.00 bits per heavy atom. The number of nitrogens with one attached hydrogen (secondary N) is 2. The van der Waals surface area contributed by atoms with Crippen LogP contribution in [0.3, 0.4) is 0 Å². The first-order chi connectivity index (χ1) is 11.6. The molecule has 5 heteroatoms. The van der Waals surface area contributed by atoms with Gasteiger partial charge in [-0.25, -0.2) is 4.98 Å². The van der Waals surface area contributed by atoms with Gasteiger partial charge in [-0.2, -0.15) is 0 Å². The van der Waals surface area contributed by atoms with E-state index in [1.165, 1.54) is 0 Å². The molecule has 24 heavy (non-hydrogen) atoms. The van der Waals surface area contributed by atoms with E-state index in [4.69, 9.17) is 11.6 Å². The van der Waals surface area contributed by atoms with Gasteiger partial charge in [0.1, 0.15) is 5.82 Å². The van der Waals surface area contributed by atoms with Crippen LogP contribution in [0.15, 0.2) is 66.9 Å². The number of carbonyl (C=O) groups excluding carboxylic acids is 1. The highest BCUT2D eigenvalue weighted by Crippen LogP contribution is 2.19. The van der Waals surface area contributed by atoms with Crippen molar-refractivity contribution >= 4 is 34.7 Å². The highest BCUT2D eigenvalue weighted by molar-refractivity contribution is 6.30. The number of benzene rings is 2. The van der Waals surface area contributed by atoms with Gasteiger partial charge in [0.2, 0.25) is 0 Å². The van der Waals surface area contributed by atoms with Gasteiger partial charge in [0.15, 0.2) is 0 Å². The topological polar surface area (TPSA) is 54.0 Å². The fraction of sp³-hybridized carbons (Fsp3) is 0.0526. The number of hydrogen-bond donors (Lipinski definition) is 2. The minimum atomic E-state index is -0.154. The molecule has 2 N–H and O–H groups in total. The lowest BCUT2D eigenvalue weighted by molar-refractivity contribution is 0.102. The van der Waals surface area contributed by atoms with Crippen LogP contribution in [0, 0.1) is 6.92 Å². The van der Waals surface area contributed by atoms with Crippen LogP contribution in [0.25, 0.3) is 0 Å². The molecule has 1 heterocycles. The molecule has 0 bridgehead atoms. The molecular weight excluding hydrogens is 322 g/mol. The van der Waals surface area contributed by atoms with Crippen molar-refractivity contribution in [3.63, 3.8) is 0 Å². The molecular formula is C19H16ClN3O. The Morgan fingerprint density at radius 3 is 2.42 bits per heavy atom. The highest BCUT2D eigenvalue weighted by atomic mass is 35.5. The van der Waals surface area contributed by atoms with Crippen LogP contribution < -0.4 is 10.6 Å². The molecule has 0 unspecified atom stereocenters. The molecule has 4 nitrogen and oxygen atoms in total. The van der Waals surface area contributed by atoms with E-state index in [1.54, 1.807) is 36.5 Å². The Morgan fingerprint density at radius 2 is 1.75 bits per heavy atom. The quantitative estimate of drug-likeness (QED) is 0.701. The van der Waals surface area contributed by atoms with Crippen molar-refractivity contribution in [3.8, 4) is 0 Å². The number of anilines is 3. The van der Waals surface area contributed by atoms with E-state index in [1.807, 2.05) is 37.3 Å². The van der Waals surface area contributed by atoms with Gasteiger partial charge >= 0.3 is 0 Å². The van der Waals surface area contributed by atoms with E-state index in [0.717, 1.165) is 11.3 Å². The van der Waals surface area contributed by atoms with Gasteiger partial charge < -0.3 is 10.6 Å². The van der Waals surface area contributed by atoms with E-state index in [0.29, 0.717) is 22.1 Å². The summed E-state index contributed by atoms with van der Waals surface area (Å²) >= 11 is 5.86. The van der Waals surface area contributed by atoms with Gasteiger partial charge in [-0.3, -0.25) is 4.79 Å². The van der Waals surface area contributed by atoms with Crippen molar-refractivity contribution in [3.05, 3.63) is 83.0 Å². The third-order valence-electron chi connectivity index (χ3n) is 3.42. The number of aryl methyl sites for hydroxylation is 1. The Balaban J connectivity index is 1.66. The van der Waals surface area contributed by atoms with E-state index >= 15 is 0 Å². The predicted octanol–water partition coefficient (Wildman–Crippen LogP) is 5.04. The molecule has 3 aromatic rings. The smallest absolute Gasteiger partial charge is 0.255 e. The molecule has 0 spiro atoms. The summed E-state index contributed by atoms with van der Waals surface area (Å²) in [5.74, 6) is 0.532. The molecule has 0 atom stereocenters. The maximum Gasteiger partial charge on any atom is 0.255 e. The molecule has 3 rings (SSSR count). The molecule has 1 amide bonds. The first-order valence-corrected chi connectivity index (χ1v) is 7.84. The molecule has 0 radical (unpaired) electrons. The third kappa shape index (κ3) is 4.12. The molecule has 0 aliphatic heterocycles. The maximum atomic E-state index is 12.2. The minimum absolute atomic E-state index is 0.154.